The number of rotatable bonds is 5. The smallest absolute Gasteiger partial charge is 0.321 e. The molecule has 0 atom stereocenters. The average molecular weight is 435 g/mol. The summed E-state index contributed by atoms with van der Waals surface area (Å²) in [5, 5.41) is 6.16. The predicted octanol–water partition coefficient (Wildman–Crippen LogP) is 3.24. The van der Waals surface area contributed by atoms with E-state index in [0.29, 0.717) is 17.1 Å². The van der Waals surface area contributed by atoms with E-state index in [-0.39, 0.29) is 11.3 Å². The minimum Gasteiger partial charge on any atom is -0.333 e. The molecule has 0 radical (unpaired) electrons. The number of urea groups is 1. The van der Waals surface area contributed by atoms with Gasteiger partial charge >= 0.3 is 6.03 Å². The van der Waals surface area contributed by atoms with Gasteiger partial charge in [0.2, 0.25) is 5.91 Å². The van der Waals surface area contributed by atoms with E-state index in [9.17, 15) is 14.4 Å². The molecule has 1 aliphatic rings. The van der Waals surface area contributed by atoms with Crippen molar-refractivity contribution in [2.24, 2.45) is 0 Å². The van der Waals surface area contributed by atoms with Crippen LogP contribution in [0.1, 0.15) is 44.1 Å². The van der Waals surface area contributed by atoms with Crippen molar-refractivity contribution < 1.29 is 9.59 Å². The Morgan fingerprint density at radius 1 is 1.31 bits per heavy atom. The lowest BCUT2D eigenvalue weighted by Gasteiger charge is -2.20. The first-order valence-corrected chi connectivity index (χ1v) is 11.4. The molecule has 2 aromatic heterocycles. The zero-order valence-corrected chi connectivity index (χ0v) is 18.6. The van der Waals surface area contributed by atoms with Gasteiger partial charge in [0, 0.05) is 17.0 Å². The molecule has 7 nitrogen and oxygen atoms in total. The van der Waals surface area contributed by atoms with Crippen LogP contribution < -0.4 is 16.2 Å². The number of imide groups is 1. The maximum atomic E-state index is 13.2. The standard InChI is InChI=1S/C20H26N4O3S2/c1-5-10-24-17(26)15-12-8-6-7-9-13(12)29-16(15)22-19(24)28-11-14(25)21-18(27)23-20(2,3)4/h5H,1,6-11H2,2-4H3,(H2,21,23,25,27). The van der Waals surface area contributed by atoms with Gasteiger partial charge in [0.25, 0.3) is 5.56 Å². The normalized spacial score (nSPS) is 13.8. The first kappa shape index (κ1) is 21.6. The lowest BCUT2D eigenvalue weighted by Crippen LogP contribution is -2.48. The molecule has 29 heavy (non-hydrogen) atoms. The molecule has 0 bridgehead atoms. The number of allylic oxidation sites excluding steroid dienone is 1. The number of nitrogens with zero attached hydrogens (tertiary/aromatic N) is 2. The van der Waals surface area contributed by atoms with Crippen molar-refractivity contribution in [3.63, 3.8) is 0 Å². The maximum absolute atomic E-state index is 13.2. The zero-order chi connectivity index (χ0) is 21.2. The number of thiophene rings is 1. The molecule has 0 aromatic carbocycles. The molecule has 1 aliphatic carbocycles. The van der Waals surface area contributed by atoms with Crippen molar-refractivity contribution in [1.82, 2.24) is 20.2 Å². The van der Waals surface area contributed by atoms with Crippen molar-refractivity contribution in [1.29, 1.82) is 0 Å². The summed E-state index contributed by atoms with van der Waals surface area (Å²) in [5.74, 6) is -0.459. The number of carbonyl (C=O) groups excluding carboxylic acids is 2. The molecule has 3 amide bonds. The lowest BCUT2D eigenvalue weighted by atomic mass is 9.97. The fourth-order valence-electron chi connectivity index (χ4n) is 3.28. The number of nitrogens with one attached hydrogen (secondary N) is 2. The molecule has 2 N–H and O–H groups in total. The highest BCUT2D eigenvalue weighted by Crippen LogP contribution is 2.34. The number of hydrogen-bond acceptors (Lipinski definition) is 6. The third-order valence-electron chi connectivity index (χ3n) is 4.43. The number of aryl methyl sites for hydroxylation is 2. The van der Waals surface area contributed by atoms with E-state index in [0.717, 1.165) is 47.8 Å². The molecule has 0 saturated carbocycles. The summed E-state index contributed by atoms with van der Waals surface area (Å²) in [4.78, 5) is 43.8. The number of fused-ring (bicyclic) bond motifs is 3. The Kier molecular flexibility index (Phi) is 6.48. The molecular formula is C20H26N4O3S2. The number of hydrogen-bond donors (Lipinski definition) is 2. The third kappa shape index (κ3) is 5.08. The molecule has 2 aromatic rings. The van der Waals surface area contributed by atoms with Crippen LogP contribution in [0.3, 0.4) is 0 Å². The first-order valence-electron chi connectivity index (χ1n) is 9.60. The van der Waals surface area contributed by atoms with Crippen molar-refractivity contribution in [2.45, 2.75) is 63.7 Å². The second-order valence-electron chi connectivity index (χ2n) is 8.03. The van der Waals surface area contributed by atoms with Crippen molar-refractivity contribution in [3.8, 4) is 0 Å². The maximum Gasteiger partial charge on any atom is 0.321 e. The molecule has 156 valence electrons. The molecule has 0 spiro atoms. The molecular weight excluding hydrogens is 408 g/mol. The Balaban J connectivity index is 1.82. The van der Waals surface area contributed by atoms with Crippen LogP contribution in [-0.4, -0.2) is 32.8 Å². The summed E-state index contributed by atoms with van der Waals surface area (Å²) in [6.45, 7) is 9.55. The Bertz CT molecular complexity index is 1020. The molecule has 3 rings (SSSR count). The molecule has 0 unspecified atom stereocenters. The fourth-order valence-corrected chi connectivity index (χ4v) is 5.40. The van der Waals surface area contributed by atoms with Crippen LogP contribution in [0.2, 0.25) is 0 Å². The van der Waals surface area contributed by atoms with Gasteiger partial charge in [0.05, 0.1) is 11.1 Å². The molecule has 2 heterocycles. The van der Waals surface area contributed by atoms with Gasteiger partial charge in [-0.3, -0.25) is 19.5 Å². The highest BCUT2D eigenvalue weighted by atomic mass is 32.2. The Morgan fingerprint density at radius 3 is 2.72 bits per heavy atom. The molecule has 0 fully saturated rings. The quantitative estimate of drug-likeness (QED) is 0.428. The van der Waals surface area contributed by atoms with Gasteiger partial charge in [-0.15, -0.1) is 17.9 Å². The van der Waals surface area contributed by atoms with E-state index in [4.69, 9.17) is 0 Å². The van der Waals surface area contributed by atoms with Crippen molar-refractivity contribution in [3.05, 3.63) is 33.4 Å². The Hall–Kier alpha value is -2.13. The van der Waals surface area contributed by atoms with E-state index in [1.807, 2.05) is 20.8 Å². The van der Waals surface area contributed by atoms with Crippen molar-refractivity contribution >= 4 is 45.3 Å². The Morgan fingerprint density at radius 2 is 2.03 bits per heavy atom. The third-order valence-corrected chi connectivity index (χ3v) is 6.59. The second kappa shape index (κ2) is 8.71. The van der Waals surface area contributed by atoms with Crippen LogP contribution in [0.5, 0.6) is 0 Å². The van der Waals surface area contributed by atoms with Crippen LogP contribution in [0.15, 0.2) is 22.6 Å². The van der Waals surface area contributed by atoms with E-state index in [1.54, 1.807) is 22.0 Å². The van der Waals surface area contributed by atoms with Gasteiger partial charge in [0.1, 0.15) is 4.83 Å². The van der Waals surface area contributed by atoms with Gasteiger partial charge in [-0.05, 0) is 52.0 Å². The van der Waals surface area contributed by atoms with E-state index in [1.165, 1.54) is 4.88 Å². The van der Waals surface area contributed by atoms with Crippen LogP contribution >= 0.6 is 23.1 Å². The highest BCUT2D eigenvalue weighted by Gasteiger charge is 2.22. The monoisotopic (exact) mass is 434 g/mol. The minimum atomic E-state index is -0.541. The summed E-state index contributed by atoms with van der Waals surface area (Å²) in [5.41, 5.74) is 0.620. The fraction of sp³-hybridized carbons (Fsp3) is 0.500. The van der Waals surface area contributed by atoms with Gasteiger partial charge in [-0.2, -0.15) is 0 Å². The van der Waals surface area contributed by atoms with Crippen LogP contribution in [-0.2, 0) is 24.2 Å². The number of carbonyl (C=O) groups is 2. The topological polar surface area (TPSA) is 93.1 Å². The van der Waals surface area contributed by atoms with E-state index in [2.05, 4.69) is 22.2 Å². The summed E-state index contributed by atoms with van der Waals surface area (Å²) in [6.07, 6.45) is 5.78. The molecule has 9 heteroatoms. The minimum absolute atomic E-state index is 0.0161. The predicted molar refractivity (Wildman–Crippen MR) is 118 cm³/mol. The second-order valence-corrected chi connectivity index (χ2v) is 10.1. The van der Waals surface area contributed by atoms with Gasteiger partial charge in [-0.25, -0.2) is 9.78 Å². The van der Waals surface area contributed by atoms with Crippen molar-refractivity contribution in [2.75, 3.05) is 5.75 Å². The summed E-state index contributed by atoms with van der Waals surface area (Å²) in [6, 6.07) is -0.541. The van der Waals surface area contributed by atoms with Crippen LogP contribution in [0.25, 0.3) is 10.2 Å². The largest absolute Gasteiger partial charge is 0.333 e. The van der Waals surface area contributed by atoms with Gasteiger partial charge in [0.15, 0.2) is 5.16 Å². The number of aromatic nitrogens is 2. The molecule has 0 aliphatic heterocycles. The van der Waals surface area contributed by atoms with Gasteiger partial charge in [-0.1, -0.05) is 17.8 Å². The zero-order valence-electron chi connectivity index (χ0n) is 17.0. The molecule has 0 saturated heterocycles. The summed E-state index contributed by atoms with van der Waals surface area (Å²) < 4.78 is 1.56. The lowest BCUT2D eigenvalue weighted by molar-refractivity contribution is -0.117. The summed E-state index contributed by atoms with van der Waals surface area (Å²) >= 11 is 2.73. The van der Waals surface area contributed by atoms with E-state index >= 15 is 0 Å². The average Bonchev–Trinajstić information content (AvgIpc) is 2.99. The first-order chi connectivity index (χ1) is 13.7. The van der Waals surface area contributed by atoms with E-state index < -0.39 is 17.5 Å². The van der Waals surface area contributed by atoms with Crippen LogP contribution in [0, 0.1) is 0 Å². The number of thioether (sulfide) groups is 1. The highest BCUT2D eigenvalue weighted by molar-refractivity contribution is 7.99. The van der Waals surface area contributed by atoms with Crippen LogP contribution in [0.4, 0.5) is 4.79 Å². The summed E-state index contributed by atoms with van der Waals surface area (Å²) in [7, 11) is 0. The number of amides is 3. The van der Waals surface area contributed by atoms with Gasteiger partial charge < -0.3 is 5.32 Å². The Labute approximate surface area is 178 Å². The SMILES string of the molecule is C=CCn1c(SCC(=O)NC(=O)NC(C)(C)C)nc2sc3c(c2c1=O)CCCC3.